The number of halogens is 2. The number of hydrogen-bond acceptors (Lipinski definition) is 4. The fraction of sp³-hybridized carbons (Fsp3) is 0.125. The Hall–Kier alpha value is -2.22. The second kappa shape index (κ2) is 7.77. The maximum Gasteiger partial charge on any atom is 0.271 e. The maximum absolute atomic E-state index is 12.1. The Morgan fingerprint density at radius 1 is 1.08 bits per heavy atom. The molecule has 3 N–H and O–H groups in total. The second-order valence-electron chi connectivity index (χ2n) is 5.07. The first-order chi connectivity index (χ1) is 12.0. The lowest BCUT2D eigenvalue weighted by molar-refractivity contribution is 0.0944. The van der Waals surface area contributed by atoms with Gasteiger partial charge < -0.3 is 14.8 Å². The Bertz CT molecular complexity index is 832. The van der Waals surface area contributed by atoms with E-state index in [1.54, 1.807) is 12.1 Å². The molecule has 2 aromatic rings. The summed E-state index contributed by atoms with van der Waals surface area (Å²) in [5, 5.41) is 3.94. The number of hydrogen-bond donors (Lipinski definition) is 3. The molecule has 2 aromatic carbocycles. The quantitative estimate of drug-likeness (QED) is 0.546. The van der Waals surface area contributed by atoms with E-state index in [9.17, 15) is 4.79 Å². The highest BCUT2D eigenvalue weighted by atomic mass is 35.5. The van der Waals surface area contributed by atoms with Gasteiger partial charge in [0.1, 0.15) is 0 Å². The van der Waals surface area contributed by atoms with E-state index in [-0.39, 0.29) is 17.5 Å². The minimum Gasteiger partial charge on any atom is -0.454 e. The van der Waals surface area contributed by atoms with Gasteiger partial charge in [0.15, 0.2) is 16.6 Å². The van der Waals surface area contributed by atoms with Crippen LogP contribution in [-0.4, -0.2) is 17.8 Å². The van der Waals surface area contributed by atoms with Crippen LogP contribution in [-0.2, 0) is 6.54 Å². The van der Waals surface area contributed by atoms with E-state index in [0.29, 0.717) is 22.3 Å². The molecule has 130 valence electrons. The average Bonchev–Trinajstić information content (AvgIpc) is 3.07. The SMILES string of the molecule is O=C(NNC(=S)NCc1ccc2c(c1)OCO2)c1cc(Cl)ccc1Cl. The maximum atomic E-state index is 12.1. The lowest BCUT2D eigenvalue weighted by Gasteiger charge is -2.12. The van der Waals surface area contributed by atoms with Gasteiger partial charge in [0.25, 0.3) is 5.91 Å². The minimum atomic E-state index is -0.445. The van der Waals surface area contributed by atoms with E-state index in [2.05, 4.69) is 16.2 Å². The van der Waals surface area contributed by atoms with Gasteiger partial charge in [0.05, 0.1) is 10.6 Å². The average molecular weight is 398 g/mol. The fourth-order valence-electron chi connectivity index (χ4n) is 2.13. The summed E-state index contributed by atoms with van der Waals surface area (Å²) >= 11 is 17.0. The van der Waals surface area contributed by atoms with E-state index in [4.69, 9.17) is 44.9 Å². The van der Waals surface area contributed by atoms with Crippen molar-refractivity contribution in [2.24, 2.45) is 0 Å². The van der Waals surface area contributed by atoms with Crippen LogP contribution < -0.4 is 25.6 Å². The lowest BCUT2D eigenvalue weighted by atomic mass is 10.2. The molecule has 9 heteroatoms. The predicted molar refractivity (Wildman–Crippen MR) is 99.1 cm³/mol. The van der Waals surface area contributed by atoms with Gasteiger partial charge >= 0.3 is 0 Å². The molecular weight excluding hydrogens is 385 g/mol. The van der Waals surface area contributed by atoms with E-state index in [0.717, 1.165) is 11.3 Å². The van der Waals surface area contributed by atoms with E-state index in [1.165, 1.54) is 6.07 Å². The highest BCUT2D eigenvalue weighted by Gasteiger charge is 2.13. The molecule has 0 saturated carbocycles. The molecule has 0 atom stereocenters. The van der Waals surface area contributed by atoms with Crippen LogP contribution in [0.15, 0.2) is 36.4 Å². The zero-order chi connectivity index (χ0) is 17.8. The van der Waals surface area contributed by atoms with Gasteiger partial charge in [-0.05, 0) is 48.1 Å². The van der Waals surface area contributed by atoms with Crippen LogP contribution in [0.2, 0.25) is 10.0 Å². The smallest absolute Gasteiger partial charge is 0.271 e. The fourth-order valence-corrected chi connectivity index (χ4v) is 2.63. The zero-order valence-electron chi connectivity index (χ0n) is 12.8. The van der Waals surface area contributed by atoms with Gasteiger partial charge in [-0.1, -0.05) is 29.3 Å². The van der Waals surface area contributed by atoms with Crippen LogP contribution in [0, 0.1) is 0 Å². The van der Waals surface area contributed by atoms with Crippen LogP contribution >= 0.6 is 35.4 Å². The minimum absolute atomic E-state index is 0.226. The van der Waals surface area contributed by atoms with Crippen molar-refractivity contribution in [2.75, 3.05) is 6.79 Å². The number of carbonyl (C=O) groups is 1. The van der Waals surface area contributed by atoms with E-state index >= 15 is 0 Å². The summed E-state index contributed by atoms with van der Waals surface area (Å²) < 4.78 is 10.6. The van der Waals surface area contributed by atoms with Gasteiger partial charge in [-0.3, -0.25) is 15.6 Å². The number of thiocarbonyl (C=S) groups is 1. The van der Waals surface area contributed by atoms with Crippen LogP contribution in [0.5, 0.6) is 11.5 Å². The summed E-state index contributed by atoms with van der Waals surface area (Å²) in [5.74, 6) is 0.969. The molecule has 3 rings (SSSR count). The number of hydrazine groups is 1. The first-order valence-corrected chi connectivity index (χ1v) is 8.37. The van der Waals surface area contributed by atoms with Gasteiger partial charge in [-0.2, -0.15) is 0 Å². The Kier molecular flexibility index (Phi) is 5.47. The van der Waals surface area contributed by atoms with Gasteiger partial charge in [-0.15, -0.1) is 0 Å². The third-order valence-corrected chi connectivity index (χ3v) is 4.16. The van der Waals surface area contributed by atoms with Crippen LogP contribution in [0.3, 0.4) is 0 Å². The third kappa shape index (κ3) is 4.45. The zero-order valence-corrected chi connectivity index (χ0v) is 15.1. The first-order valence-electron chi connectivity index (χ1n) is 7.20. The number of fused-ring (bicyclic) bond motifs is 1. The summed E-state index contributed by atoms with van der Waals surface area (Å²) in [6.45, 7) is 0.681. The molecule has 25 heavy (non-hydrogen) atoms. The Labute approximate surface area is 159 Å². The number of benzene rings is 2. The Balaban J connectivity index is 1.49. The molecule has 0 unspecified atom stereocenters. The summed E-state index contributed by atoms with van der Waals surface area (Å²) in [6.07, 6.45) is 0. The second-order valence-corrected chi connectivity index (χ2v) is 6.33. The van der Waals surface area contributed by atoms with Crippen molar-refractivity contribution in [1.29, 1.82) is 0 Å². The highest BCUT2D eigenvalue weighted by Crippen LogP contribution is 2.32. The molecule has 0 fully saturated rings. The van der Waals surface area contributed by atoms with Gasteiger partial charge in [0.2, 0.25) is 6.79 Å². The van der Waals surface area contributed by atoms with Crippen molar-refractivity contribution >= 4 is 46.4 Å². The largest absolute Gasteiger partial charge is 0.454 e. The van der Waals surface area contributed by atoms with Crippen molar-refractivity contribution in [2.45, 2.75) is 6.54 Å². The molecular formula is C16H13Cl2N3O3S. The van der Waals surface area contributed by atoms with Crippen LogP contribution in [0.1, 0.15) is 15.9 Å². The standard InChI is InChI=1S/C16H13Cl2N3O3S/c17-10-2-3-12(18)11(6-10)15(22)20-21-16(25)19-7-9-1-4-13-14(5-9)24-8-23-13/h1-6H,7-8H2,(H,20,22)(H2,19,21,25). The number of carbonyl (C=O) groups excluding carboxylic acids is 1. The molecule has 0 spiro atoms. The normalized spacial score (nSPS) is 11.8. The van der Waals surface area contributed by atoms with Crippen molar-refractivity contribution < 1.29 is 14.3 Å². The number of nitrogens with one attached hydrogen (secondary N) is 3. The summed E-state index contributed by atoms with van der Waals surface area (Å²) in [7, 11) is 0. The van der Waals surface area contributed by atoms with Crippen molar-refractivity contribution in [3.63, 3.8) is 0 Å². The Morgan fingerprint density at radius 2 is 1.88 bits per heavy atom. The third-order valence-electron chi connectivity index (χ3n) is 3.35. The van der Waals surface area contributed by atoms with Gasteiger partial charge in [0, 0.05) is 11.6 Å². The molecule has 1 aliphatic heterocycles. The monoisotopic (exact) mass is 397 g/mol. The highest BCUT2D eigenvalue weighted by molar-refractivity contribution is 7.80. The number of amides is 1. The topological polar surface area (TPSA) is 71.6 Å². The molecule has 0 aliphatic carbocycles. The molecule has 6 nitrogen and oxygen atoms in total. The number of ether oxygens (including phenoxy) is 2. The van der Waals surface area contributed by atoms with Crippen LogP contribution in [0.4, 0.5) is 0 Å². The molecule has 0 bridgehead atoms. The van der Waals surface area contributed by atoms with E-state index < -0.39 is 5.91 Å². The lowest BCUT2D eigenvalue weighted by Crippen LogP contribution is -2.46. The van der Waals surface area contributed by atoms with Crippen LogP contribution in [0.25, 0.3) is 0 Å². The summed E-state index contributed by atoms with van der Waals surface area (Å²) in [4.78, 5) is 12.1. The van der Waals surface area contributed by atoms with Crippen molar-refractivity contribution in [3.8, 4) is 11.5 Å². The predicted octanol–water partition coefficient (Wildman–Crippen LogP) is 3.03. The molecule has 0 radical (unpaired) electrons. The molecule has 1 amide bonds. The summed E-state index contributed by atoms with van der Waals surface area (Å²) in [6, 6.07) is 10.2. The first kappa shape index (κ1) is 17.6. The molecule has 1 heterocycles. The molecule has 1 aliphatic rings. The molecule has 0 saturated heterocycles. The Morgan fingerprint density at radius 3 is 2.72 bits per heavy atom. The van der Waals surface area contributed by atoms with Crippen molar-refractivity contribution in [1.82, 2.24) is 16.2 Å². The molecule has 0 aromatic heterocycles. The van der Waals surface area contributed by atoms with Gasteiger partial charge in [-0.25, -0.2) is 0 Å². The summed E-state index contributed by atoms with van der Waals surface area (Å²) in [5.41, 5.74) is 6.28. The van der Waals surface area contributed by atoms with E-state index in [1.807, 2.05) is 18.2 Å². The number of rotatable bonds is 3. The van der Waals surface area contributed by atoms with Crippen molar-refractivity contribution in [3.05, 3.63) is 57.6 Å².